The number of ketones is 1. The van der Waals surface area contributed by atoms with Gasteiger partial charge in [0.2, 0.25) is 5.88 Å². The van der Waals surface area contributed by atoms with E-state index in [0.29, 0.717) is 35.5 Å². The lowest BCUT2D eigenvalue weighted by molar-refractivity contribution is -0.139. The van der Waals surface area contributed by atoms with E-state index >= 15 is 0 Å². The van der Waals surface area contributed by atoms with Gasteiger partial charge in [-0.3, -0.25) is 4.79 Å². The lowest BCUT2D eigenvalue weighted by Crippen LogP contribution is -2.35. The van der Waals surface area contributed by atoms with E-state index in [1.807, 2.05) is 13.8 Å². The molecule has 0 saturated heterocycles. The number of halogens is 2. The zero-order valence-corrected chi connectivity index (χ0v) is 21.4. The molecule has 35 heavy (non-hydrogen) atoms. The van der Waals surface area contributed by atoms with E-state index in [9.17, 15) is 14.0 Å². The van der Waals surface area contributed by atoms with Gasteiger partial charge in [-0.05, 0) is 48.2 Å². The van der Waals surface area contributed by atoms with E-state index < -0.39 is 11.9 Å². The maximum absolute atomic E-state index is 13.4. The van der Waals surface area contributed by atoms with Gasteiger partial charge in [0.25, 0.3) is 0 Å². The Hall–Kier alpha value is -3.13. The van der Waals surface area contributed by atoms with Gasteiger partial charge >= 0.3 is 5.97 Å². The molecule has 2 aromatic carbocycles. The van der Waals surface area contributed by atoms with Crippen molar-refractivity contribution in [1.29, 1.82) is 0 Å². The first-order chi connectivity index (χ1) is 16.6. The Morgan fingerprint density at radius 1 is 1.20 bits per heavy atom. The summed E-state index contributed by atoms with van der Waals surface area (Å²) < 4.78 is 31.3. The zero-order valence-electron chi connectivity index (χ0n) is 19.8. The van der Waals surface area contributed by atoms with Gasteiger partial charge < -0.3 is 19.9 Å². The zero-order chi connectivity index (χ0) is 25.3. The molecule has 184 valence electrons. The van der Waals surface area contributed by atoms with E-state index in [-0.39, 0.29) is 41.7 Å². The minimum absolute atomic E-state index is 0.0726. The third-order valence-corrected chi connectivity index (χ3v) is 6.53. The number of allylic oxidation sites excluding steroid dienone is 2. The van der Waals surface area contributed by atoms with Crippen molar-refractivity contribution in [2.24, 2.45) is 11.1 Å². The van der Waals surface area contributed by atoms with Crippen molar-refractivity contribution in [3.63, 3.8) is 0 Å². The molecule has 0 aromatic heterocycles. The summed E-state index contributed by atoms with van der Waals surface area (Å²) in [5, 5.41) is 0. The van der Waals surface area contributed by atoms with Gasteiger partial charge in [0.1, 0.15) is 29.5 Å². The molecule has 1 heterocycles. The molecule has 8 heteroatoms. The van der Waals surface area contributed by atoms with E-state index in [1.54, 1.807) is 37.3 Å². The summed E-state index contributed by atoms with van der Waals surface area (Å²) in [7, 11) is 0. The van der Waals surface area contributed by atoms with Gasteiger partial charge in [-0.1, -0.05) is 41.9 Å². The topological polar surface area (TPSA) is 87.9 Å². The molecule has 1 aliphatic carbocycles. The van der Waals surface area contributed by atoms with E-state index in [4.69, 9.17) is 19.9 Å². The first-order valence-corrected chi connectivity index (χ1v) is 12.2. The summed E-state index contributed by atoms with van der Waals surface area (Å²) in [6.07, 6.45) is 0.808. The second kappa shape index (κ2) is 9.85. The van der Waals surface area contributed by atoms with Crippen LogP contribution in [0, 0.1) is 11.2 Å². The molecule has 2 aromatic rings. The number of hydrogen-bond donors (Lipinski definition) is 1. The molecule has 0 amide bonds. The van der Waals surface area contributed by atoms with Gasteiger partial charge in [0.05, 0.1) is 12.5 Å². The molecule has 0 fully saturated rings. The third kappa shape index (κ3) is 5.27. The number of Topliss-reactive ketones (excluding diaryl/α,β-unsaturated/α-hetero) is 1. The second-order valence-electron chi connectivity index (χ2n) is 9.41. The lowest BCUT2D eigenvalue weighted by atomic mass is 9.70. The van der Waals surface area contributed by atoms with Crippen LogP contribution in [0.1, 0.15) is 50.7 Å². The molecule has 4 rings (SSSR count). The molecule has 0 spiro atoms. The largest absolute Gasteiger partial charge is 0.489 e. The molecular formula is C27H27BrFNO5. The van der Waals surface area contributed by atoms with Crippen LogP contribution < -0.4 is 10.5 Å². The smallest absolute Gasteiger partial charge is 0.340 e. The van der Waals surface area contributed by atoms with E-state index in [1.165, 1.54) is 12.1 Å². The van der Waals surface area contributed by atoms with Crippen LogP contribution >= 0.6 is 15.9 Å². The third-order valence-electron chi connectivity index (χ3n) is 6.04. The van der Waals surface area contributed by atoms with E-state index in [2.05, 4.69) is 15.9 Å². The number of esters is 1. The van der Waals surface area contributed by atoms with Crippen LogP contribution in [0.25, 0.3) is 0 Å². The Bertz CT molecular complexity index is 1230. The molecule has 1 unspecified atom stereocenters. The first-order valence-electron chi connectivity index (χ1n) is 11.4. The summed E-state index contributed by atoms with van der Waals surface area (Å²) in [6.45, 7) is 5.98. The number of benzene rings is 2. The fraction of sp³-hybridized carbons (Fsp3) is 0.333. The van der Waals surface area contributed by atoms with Gasteiger partial charge in [-0.2, -0.15) is 0 Å². The highest BCUT2D eigenvalue weighted by Gasteiger charge is 2.46. The van der Waals surface area contributed by atoms with Crippen LogP contribution in [-0.4, -0.2) is 18.4 Å². The van der Waals surface area contributed by atoms with Crippen molar-refractivity contribution in [3.8, 4) is 5.75 Å². The summed E-state index contributed by atoms with van der Waals surface area (Å²) in [5.74, 6) is -1.07. The number of nitrogens with two attached hydrogens (primary N) is 1. The van der Waals surface area contributed by atoms with Crippen molar-refractivity contribution >= 4 is 27.7 Å². The fourth-order valence-corrected chi connectivity index (χ4v) is 4.90. The van der Waals surface area contributed by atoms with Gasteiger partial charge in [0, 0.05) is 28.5 Å². The molecule has 2 aliphatic rings. The summed E-state index contributed by atoms with van der Waals surface area (Å²) in [6, 6.07) is 11.4. The predicted octanol–water partition coefficient (Wildman–Crippen LogP) is 5.66. The predicted molar refractivity (Wildman–Crippen MR) is 132 cm³/mol. The first kappa shape index (κ1) is 25.0. The van der Waals surface area contributed by atoms with Crippen LogP contribution in [-0.2, 0) is 25.7 Å². The molecule has 2 N–H and O–H groups in total. The highest BCUT2D eigenvalue weighted by atomic mass is 79.9. The fourth-order valence-electron chi connectivity index (χ4n) is 4.52. The lowest BCUT2D eigenvalue weighted by Gasteiger charge is -2.38. The normalized spacial score (nSPS) is 19.2. The van der Waals surface area contributed by atoms with Crippen LogP contribution in [0.2, 0.25) is 0 Å². The van der Waals surface area contributed by atoms with Crippen molar-refractivity contribution < 1.29 is 28.2 Å². The minimum atomic E-state index is -0.817. The average Bonchev–Trinajstić information content (AvgIpc) is 2.77. The Morgan fingerprint density at radius 2 is 1.91 bits per heavy atom. The number of hydrogen-bond acceptors (Lipinski definition) is 6. The molecule has 0 radical (unpaired) electrons. The monoisotopic (exact) mass is 543 g/mol. The number of carbonyl (C=O) groups excluding carboxylic acids is 2. The summed E-state index contributed by atoms with van der Waals surface area (Å²) in [5.41, 5.74) is 7.78. The van der Waals surface area contributed by atoms with Crippen molar-refractivity contribution in [3.05, 3.63) is 86.7 Å². The van der Waals surface area contributed by atoms with Crippen LogP contribution in [0.4, 0.5) is 4.39 Å². The molecule has 0 bridgehead atoms. The van der Waals surface area contributed by atoms with Crippen LogP contribution in [0.5, 0.6) is 5.75 Å². The van der Waals surface area contributed by atoms with Crippen molar-refractivity contribution in [1.82, 2.24) is 0 Å². The Balaban J connectivity index is 1.83. The second-order valence-corrected chi connectivity index (χ2v) is 10.3. The Morgan fingerprint density at radius 3 is 2.60 bits per heavy atom. The molecule has 6 nitrogen and oxygen atoms in total. The number of rotatable bonds is 6. The molecule has 1 aliphatic heterocycles. The maximum atomic E-state index is 13.4. The standard InChI is InChI=1S/C27H27BrFNO5/c1-4-33-26(32)24-22(23-19(31)12-27(2,3)13-21(23)35-25(24)30)18-11-16(28)7-10-20(18)34-14-15-5-8-17(29)9-6-15/h5-11,22H,4,12-14,30H2,1-3H3. The van der Waals surface area contributed by atoms with Crippen LogP contribution in [0.3, 0.4) is 0 Å². The minimum Gasteiger partial charge on any atom is -0.489 e. The highest BCUT2D eigenvalue weighted by molar-refractivity contribution is 9.10. The number of carbonyl (C=O) groups is 2. The quantitative estimate of drug-likeness (QED) is 0.473. The Kier molecular flexibility index (Phi) is 7.03. The van der Waals surface area contributed by atoms with E-state index in [0.717, 1.165) is 10.0 Å². The highest BCUT2D eigenvalue weighted by Crippen LogP contribution is 2.50. The van der Waals surface area contributed by atoms with Gasteiger partial charge in [0.15, 0.2) is 5.78 Å². The Labute approximate surface area is 212 Å². The van der Waals surface area contributed by atoms with Gasteiger partial charge in [-0.25, -0.2) is 9.18 Å². The van der Waals surface area contributed by atoms with Crippen molar-refractivity contribution in [2.45, 2.75) is 46.1 Å². The number of ether oxygens (including phenoxy) is 3. The molecule has 0 saturated carbocycles. The summed E-state index contributed by atoms with van der Waals surface area (Å²) >= 11 is 3.50. The average molecular weight is 544 g/mol. The van der Waals surface area contributed by atoms with Gasteiger partial charge in [-0.15, -0.1) is 0 Å². The van der Waals surface area contributed by atoms with Crippen molar-refractivity contribution in [2.75, 3.05) is 6.61 Å². The molecular weight excluding hydrogens is 517 g/mol. The maximum Gasteiger partial charge on any atom is 0.340 e. The summed E-state index contributed by atoms with van der Waals surface area (Å²) in [4.78, 5) is 26.5. The molecule has 1 atom stereocenters. The van der Waals surface area contributed by atoms with Crippen LogP contribution in [0.15, 0.2) is 69.7 Å². The SMILES string of the molecule is CCOC(=O)C1=C(N)OC2=C(C(=O)CC(C)(C)C2)C1c1cc(Br)ccc1OCc1ccc(F)cc1.